The monoisotopic (exact) mass is 453 g/mol. The molecule has 0 unspecified atom stereocenters. The van der Waals surface area contributed by atoms with E-state index in [0.717, 1.165) is 18.9 Å². The van der Waals surface area contributed by atoms with Gasteiger partial charge in [-0.15, -0.1) is 11.3 Å². The van der Waals surface area contributed by atoms with E-state index in [4.69, 9.17) is 4.74 Å². The number of rotatable bonds is 8. The van der Waals surface area contributed by atoms with Crippen LogP contribution in [0.1, 0.15) is 17.7 Å². The number of amides is 1. The van der Waals surface area contributed by atoms with Crippen LogP contribution in [0.2, 0.25) is 0 Å². The van der Waals surface area contributed by atoms with E-state index in [1.807, 2.05) is 17.5 Å². The Kier molecular flexibility index (Phi) is 7.06. The molecule has 162 valence electrons. The number of nitro groups is 1. The molecule has 0 atom stereocenters. The van der Waals surface area contributed by atoms with E-state index in [0.29, 0.717) is 19.5 Å². The lowest BCUT2D eigenvalue weighted by Gasteiger charge is -2.34. The number of aryl methyl sites for hydroxylation is 1. The van der Waals surface area contributed by atoms with E-state index in [1.54, 1.807) is 16.2 Å². The van der Waals surface area contributed by atoms with Gasteiger partial charge in [0.2, 0.25) is 15.9 Å². The molecule has 3 rings (SSSR count). The summed E-state index contributed by atoms with van der Waals surface area (Å²) in [7, 11) is -2.62. The van der Waals surface area contributed by atoms with Crippen molar-refractivity contribution in [2.75, 3.05) is 33.3 Å². The lowest BCUT2D eigenvalue weighted by molar-refractivity contribution is -0.386. The van der Waals surface area contributed by atoms with Crippen molar-refractivity contribution in [1.82, 2.24) is 9.21 Å². The minimum Gasteiger partial charge on any atom is -0.490 e. The summed E-state index contributed by atoms with van der Waals surface area (Å²) in [6.07, 6.45) is 2.04. The highest BCUT2D eigenvalue weighted by atomic mass is 32.2. The highest BCUT2D eigenvalue weighted by Gasteiger charge is 2.31. The summed E-state index contributed by atoms with van der Waals surface area (Å²) in [5.41, 5.74) is -0.405. The second-order valence-corrected chi connectivity index (χ2v) is 9.78. The first-order chi connectivity index (χ1) is 14.3. The smallest absolute Gasteiger partial charge is 0.312 e. The van der Waals surface area contributed by atoms with Crippen molar-refractivity contribution in [2.24, 2.45) is 0 Å². The average molecular weight is 454 g/mol. The average Bonchev–Trinajstić information content (AvgIpc) is 3.26. The van der Waals surface area contributed by atoms with Crippen LogP contribution < -0.4 is 4.74 Å². The fraction of sp³-hybridized carbons (Fsp3) is 0.421. The quantitative estimate of drug-likeness (QED) is 0.449. The van der Waals surface area contributed by atoms with Gasteiger partial charge in [0.15, 0.2) is 5.75 Å². The zero-order chi connectivity index (χ0) is 21.7. The van der Waals surface area contributed by atoms with E-state index in [-0.39, 0.29) is 29.6 Å². The van der Waals surface area contributed by atoms with Crippen molar-refractivity contribution < 1.29 is 22.9 Å². The Morgan fingerprint density at radius 2 is 1.97 bits per heavy atom. The minimum atomic E-state index is -3.90. The van der Waals surface area contributed by atoms with Gasteiger partial charge in [0, 0.05) is 43.5 Å². The molecule has 0 aliphatic carbocycles. The van der Waals surface area contributed by atoms with Crippen LogP contribution in [0.15, 0.2) is 40.6 Å². The van der Waals surface area contributed by atoms with Crippen molar-refractivity contribution in [3.63, 3.8) is 0 Å². The van der Waals surface area contributed by atoms with Crippen LogP contribution >= 0.6 is 11.3 Å². The van der Waals surface area contributed by atoms with E-state index in [1.165, 1.54) is 28.4 Å². The van der Waals surface area contributed by atoms with Gasteiger partial charge >= 0.3 is 5.69 Å². The van der Waals surface area contributed by atoms with Gasteiger partial charge in [-0.1, -0.05) is 6.07 Å². The van der Waals surface area contributed by atoms with Crippen LogP contribution in [0.4, 0.5) is 5.69 Å². The third kappa shape index (κ3) is 4.97. The Morgan fingerprint density at radius 1 is 1.23 bits per heavy atom. The summed E-state index contributed by atoms with van der Waals surface area (Å²) in [5.74, 6) is 0.0144. The van der Waals surface area contributed by atoms with Gasteiger partial charge in [-0.3, -0.25) is 14.9 Å². The maximum Gasteiger partial charge on any atom is 0.312 e. The second kappa shape index (κ2) is 9.54. The molecule has 0 radical (unpaired) electrons. The lowest BCUT2D eigenvalue weighted by atomic mass is 10.2. The molecule has 2 heterocycles. The standard InChI is InChI=1S/C19H23N3O6S2/c1-28-18-8-7-16(14-17(18)22(24)25)30(26,27)21-11-9-20(10-12-21)19(23)6-2-4-15-5-3-13-29-15/h3,5,7-8,13-14H,2,4,6,9-12H2,1H3. The van der Waals surface area contributed by atoms with Crippen molar-refractivity contribution in [3.8, 4) is 5.75 Å². The zero-order valence-electron chi connectivity index (χ0n) is 16.5. The SMILES string of the molecule is COc1ccc(S(=O)(=O)N2CCN(C(=O)CCCc3cccs3)CC2)cc1[N+](=O)[O-]. The van der Waals surface area contributed by atoms with Crippen molar-refractivity contribution >= 4 is 33.0 Å². The van der Waals surface area contributed by atoms with Crippen LogP contribution in [0, 0.1) is 10.1 Å². The molecular weight excluding hydrogens is 430 g/mol. The van der Waals surface area contributed by atoms with Gasteiger partial charge in [-0.05, 0) is 36.4 Å². The molecule has 1 aromatic heterocycles. The van der Waals surface area contributed by atoms with Crippen LogP contribution in [-0.2, 0) is 21.2 Å². The number of nitrogens with zero attached hydrogens (tertiary/aromatic N) is 3. The second-order valence-electron chi connectivity index (χ2n) is 6.81. The molecule has 2 aromatic rings. The predicted octanol–water partition coefficient (Wildman–Crippen LogP) is 2.52. The van der Waals surface area contributed by atoms with Crippen molar-refractivity contribution in [1.29, 1.82) is 0 Å². The number of nitro benzene ring substituents is 1. The number of ether oxygens (including phenoxy) is 1. The first-order valence-corrected chi connectivity index (χ1v) is 11.8. The summed E-state index contributed by atoms with van der Waals surface area (Å²) in [6, 6.07) is 7.61. The van der Waals surface area contributed by atoms with Crippen LogP contribution in [0.25, 0.3) is 0 Å². The molecule has 1 aromatic carbocycles. The molecule has 0 saturated carbocycles. The molecule has 1 fully saturated rings. The summed E-state index contributed by atoms with van der Waals surface area (Å²) in [4.78, 5) is 25.7. The topological polar surface area (TPSA) is 110 Å². The maximum atomic E-state index is 12.9. The molecule has 11 heteroatoms. The number of sulfonamides is 1. The molecule has 0 N–H and O–H groups in total. The van der Waals surface area contributed by atoms with E-state index in [9.17, 15) is 23.3 Å². The summed E-state index contributed by atoms with van der Waals surface area (Å²) in [6.45, 7) is 0.905. The molecule has 1 amide bonds. The number of piperazine rings is 1. The molecule has 30 heavy (non-hydrogen) atoms. The van der Waals surface area contributed by atoms with Crippen molar-refractivity contribution in [3.05, 3.63) is 50.7 Å². The number of hydrogen-bond acceptors (Lipinski definition) is 7. The summed E-state index contributed by atoms with van der Waals surface area (Å²) in [5, 5.41) is 13.2. The highest BCUT2D eigenvalue weighted by molar-refractivity contribution is 7.89. The third-order valence-corrected chi connectivity index (χ3v) is 7.80. The molecule has 9 nitrogen and oxygen atoms in total. The summed E-state index contributed by atoms with van der Waals surface area (Å²) < 4.78 is 32.0. The number of carbonyl (C=O) groups excluding carboxylic acids is 1. The van der Waals surface area contributed by atoms with Crippen LogP contribution in [-0.4, -0.2) is 61.7 Å². The Morgan fingerprint density at radius 3 is 2.57 bits per heavy atom. The number of benzene rings is 1. The van der Waals surface area contributed by atoms with Crippen LogP contribution in [0.5, 0.6) is 5.75 Å². The van der Waals surface area contributed by atoms with E-state index in [2.05, 4.69) is 0 Å². The Balaban J connectivity index is 1.59. The lowest BCUT2D eigenvalue weighted by Crippen LogP contribution is -2.50. The van der Waals surface area contributed by atoms with Gasteiger partial charge in [0.1, 0.15) is 0 Å². The fourth-order valence-electron chi connectivity index (χ4n) is 3.33. The van der Waals surface area contributed by atoms with Gasteiger partial charge in [0.25, 0.3) is 0 Å². The van der Waals surface area contributed by atoms with Gasteiger partial charge in [0.05, 0.1) is 16.9 Å². The third-order valence-electron chi connectivity index (χ3n) is 4.97. The van der Waals surface area contributed by atoms with Crippen LogP contribution in [0.3, 0.4) is 0 Å². The number of carbonyl (C=O) groups is 1. The fourth-order valence-corrected chi connectivity index (χ4v) is 5.52. The predicted molar refractivity (Wildman–Crippen MR) is 112 cm³/mol. The number of methoxy groups -OCH3 is 1. The number of hydrogen-bond donors (Lipinski definition) is 0. The van der Waals surface area contributed by atoms with E-state index >= 15 is 0 Å². The Bertz CT molecular complexity index is 999. The highest BCUT2D eigenvalue weighted by Crippen LogP contribution is 2.30. The van der Waals surface area contributed by atoms with E-state index < -0.39 is 20.6 Å². The molecule has 0 bridgehead atoms. The first-order valence-electron chi connectivity index (χ1n) is 9.45. The molecule has 1 aliphatic heterocycles. The maximum absolute atomic E-state index is 12.9. The van der Waals surface area contributed by atoms with Gasteiger partial charge in [-0.2, -0.15) is 4.31 Å². The number of thiophene rings is 1. The van der Waals surface area contributed by atoms with Gasteiger partial charge in [-0.25, -0.2) is 8.42 Å². The minimum absolute atomic E-state index is 0.00286. The Labute approximate surface area is 179 Å². The van der Waals surface area contributed by atoms with Crippen molar-refractivity contribution in [2.45, 2.75) is 24.2 Å². The zero-order valence-corrected chi connectivity index (χ0v) is 18.2. The molecule has 0 spiro atoms. The molecule has 1 aliphatic rings. The Hall–Kier alpha value is -2.50. The van der Waals surface area contributed by atoms with Gasteiger partial charge < -0.3 is 9.64 Å². The normalized spacial score (nSPS) is 15.2. The summed E-state index contributed by atoms with van der Waals surface area (Å²) >= 11 is 1.67. The first kappa shape index (κ1) is 22.2. The largest absolute Gasteiger partial charge is 0.490 e. The molecule has 1 saturated heterocycles. The molecular formula is C19H23N3O6S2.